The molecule has 1 aromatic carbocycles. The van der Waals surface area contributed by atoms with Gasteiger partial charge in [0.15, 0.2) is 0 Å². The van der Waals surface area contributed by atoms with Gasteiger partial charge in [-0.2, -0.15) is 10.4 Å². The molecular weight excluding hydrogens is 338 g/mol. The minimum Gasteiger partial charge on any atom is -0.495 e. The van der Waals surface area contributed by atoms with Gasteiger partial charge < -0.3 is 4.74 Å². The first-order chi connectivity index (χ1) is 9.67. The van der Waals surface area contributed by atoms with Crippen LogP contribution in [0.5, 0.6) is 5.75 Å². The van der Waals surface area contributed by atoms with Crippen molar-refractivity contribution in [2.75, 3.05) is 7.11 Å². The molecule has 0 aliphatic rings. The van der Waals surface area contributed by atoms with E-state index < -0.39 is 0 Å². The van der Waals surface area contributed by atoms with Crippen LogP contribution < -0.4 is 4.74 Å². The van der Waals surface area contributed by atoms with Crippen LogP contribution in [0.2, 0.25) is 0 Å². The topological polar surface area (TPSA) is 50.8 Å². The first kappa shape index (κ1) is 13.2. The summed E-state index contributed by atoms with van der Waals surface area (Å²) < 4.78 is 9.01. The van der Waals surface area contributed by atoms with Crippen molar-refractivity contribution in [2.45, 2.75) is 0 Å². The van der Waals surface area contributed by atoms with Gasteiger partial charge in [0, 0.05) is 12.4 Å². The standard InChI is InChI=1S/C14H10BrN3OS/c1-18-12(10(15)7-17-18)14-9(6-16)8-4-3-5-11(19-2)13(8)20-14/h3-5,7H,1-2H3. The maximum atomic E-state index is 9.52. The van der Waals surface area contributed by atoms with Crippen molar-refractivity contribution < 1.29 is 4.74 Å². The van der Waals surface area contributed by atoms with Crippen molar-refractivity contribution in [3.63, 3.8) is 0 Å². The van der Waals surface area contributed by atoms with Crippen molar-refractivity contribution in [3.8, 4) is 22.4 Å². The minimum atomic E-state index is 0.660. The lowest BCUT2D eigenvalue weighted by molar-refractivity contribution is 0.420. The van der Waals surface area contributed by atoms with E-state index in [2.05, 4.69) is 27.1 Å². The molecule has 3 aromatic rings. The highest BCUT2D eigenvalue weighted by molar-refractivity contribution is 9.10. The summed E-state index contributed by atoms with van der Waals surface area (Å²) in [5.41, 5.74) is 1.57. The van der Waals surface area contributed by atoms with Crippen LogP contribution in [0.25, 0.3) is 20.7 Å². The second kappa shape index (κ2) is 4.93. The van der Waals surface area contributed by atoms with Gasteiger partial charge in [-0.3, -0.25) is 4.68 Å². The molecule has 0 bridgehead atoms. The highest BCUT2D eigenvalue weighted by atomic mass is 79.9. The first-order valence-corrected chi connectivity index (χ1v) is 7.45. The molecule has 0 aliphatic heterocycles. The minimum absolute atomic E-state index is 0.660. The maximum Gasteiger partial charge on any atom is 0.136 e. The number of aromatic nitrogens is 2. The summed E-state index contributed by atoms with van der Waals surface area (Å²) in [4.78, 5) is 0.902. The van der Waals surface area contributed by atoms with E-state index in [-0.39, 0.29) is 0 Å². The predicted octanol–water partition coefficient (Wildman–Crippen LogP) is 3.94. The van der Waals surface area contributed by atoms with Crippen molar-refractivity contribution in [1.29, 1.82) is 5.26 Å². The maximum absolute atomic E-state index is 9.52. The normalized spacial score (nSPS) is 10.7. The summed E-state index contributed by atoms with van der Waals surface area (Å²) in [5.74, 6) is 0.786. The summed E-state index contributed by atoms with van der Waals surface area (Å²) in [6.45, 7) is 0. The zero-order valence-electron chi connectivity index (χ0n) is 10.8. The highest BCUT2D eigenvalue weighted by Crippen LogP contribution is 2.43. The second-order valence-electron chi connectivity index (χ2n) is 4.22. The molecule has 0 atom stereocenters. The molecule has 0 N–H and O–H groups in total. The molecule has 0 saturated carbocycles. The summed E-state index contributed by atoms with van der Waals surface area (Å²) >= 11 is 5.04. The van der Waals surface area contributed by atoms with Crippen molar-refractivity contribution in [1.82, 2.24) is 9.78 Å². The van der Waals surface area contributed by atoms with Crippen molar-refractivity contribution >= 4 is 37.4 Å². The van der Waals surface area contributed by atoms with E-state index in [9.17, 15) is 5.26 Å². The molecule has 2 heterocycles. The van der Waals surface area contributed by atoms with Crippen LogP contribution in [0.1, 0.15) is 5.56 Å². The summed E-state index contributed by atoms with van der Waals surface area (Å²) in [5, 5.41) is 14.7. The molecule has 3 rings (SSSR count). The molecule has 100 valence electrons. The van der Waals surface area contributed by atoms with Gasteiger partial charge in [0.25, 0.3) is 0 Å². The molecule has 6 heteroatoms. The van der Waals surface area contributed by atoms with Crippen LogP contribution >= 0.6 is 27.3 Å². The lowest BCUT2D eigenvalue weighted by Gasteiger charge is -2.00. The molecule has 0 radical (unpaired) electrons. The molecule has 0 saturated heterocycles. The van der Waals surface area contributed by atoms with Gasteiger partial charge in [-0.25, -0.2) is 0 Å². The molecule has 0 unspecified atom stereocenters. The number of nitriles is 1. The number of benzene rings is 1. The van der Waals surface area contributed by atoms with E-state index in [0.717, 1.165) is 30.9 Å². The van der Waals surface area contributed by atoms with Gasteiger partial charge >= 0.3 is 0 Å². The zero-order valence-corrected chi connectivity index (χ0v) is 13.2. The van der Waals surface area contributed by atoms with E-state index in [1.165, 1.54) is 0 Å². The van der Waals surface area contributed by atoms with Crippen LogP contribution in [0.3, 0.4) is 0 Å². The third kappa shape index (κ3) is 1.82. The zero-order chi connectivity index (χ0) is 14.3. The Morgan fingerprint density at radius 1 is 1.45 bits per heavy atom. The van der Waals surface area contributed by atoms with Crippen LogP contribution in [-0.2, 0) is 7.05 Å². The fraction of sp³-hybridized carbons (Fsp3) is 0.143. The van der Waals surface area contributed by atoms with Gasteiger partial charge in [0.05, 0.1) is 38.6 Å². The smallest absolute Gasteiger partial charge is 0.136 e. The summed E-state index contributed by atoms with van der Waals surface area (Å²) in [6, 6.07) is 8.06. The number of nitrogens with zero attached hydrogens (tertiary/aromatic N) is 3. The number of halogens is 1. The molecule has 0 fully saturated rings. The first-order valence-electron chi connectivity index (χ1n) is 5.84. The lowest BCUT2D eigenvalue weighted by Crippen LogP contribution is -1.93. The Balaban J connectivity index is 2.41. The van der Waals surface area contributed by atoms with E-state index in [1.807, 2.05) is 25.2 Å². The lowest BCUT2D eigenvalue weighted by atomic mass is 10.1. The molecule has 4 nitrogen and oxygen atoms in total. The highest BCUT2D eigenvalue weighted by Gasteiger charge is 2.20. The van der Waals surface area contributed by atoms with E-state index in [4.69, 9.17) is 4.74 Å². The van der Waals surface area contributed by atoms with Gasteiger partial charge in [-0.15, -0.1) is 11.3 Å². The van der Waals surface area contributed by atoms with E-state index in [0.29, 0.717) is 5.56 Å². The van der Waals surface area contributed by atoms with Crippen LogP contribution in [0.4, 0.5) is 0 Å². The van der Waals surface area contributed by atoms with Gasteiger partial charge in [-0.1, -0.05) is 12.1 Å². The average Bonchev–Trinajstić information content (AvgIpc) is 2.98. The van der Waals surface area contributed by atoms with Crippen LogP contribution in [0, 0.1) is 11.3 Å². The predicted molar refractivity (Wildman–Crippen MR) is 83.0 cm³/mol. The van der Waals surface area contributed by atoms with Crippen LogP contribution in [0.15, 0.2) is 28.9 Å². The van der Waals surface area contributed by atoms with Gasteiger partial charge in [0.1, 0.15) is 11.8 Å². The van der Waals surface area contributed by atoms with Crippen molar-refractivity contribution in [3.05, 3.63) is 34.4 Å². The number of aryl methyl sites for hydroxylation is 1. The monoisotopic (exact) mass is 347 g/mol. The molecular formula is C14H10BrN3OS. The Morgan fingerprint density at radius 2 is 2.25 bits per heavy atom. The largest absolute Gasteiger partial charge is 0.495 e. The van der Waals surface area contributed by atoms with Gasteiger partial charge in [0.2, 0.25) is 0 Å². The van der Waals surface area contributed by atoms with Crippen LogP contribution in [-0.4, -0.2) is 16.9 Å². The molecule has 20 heavy (non-hydrogen) atoms. The van der Waals surface area contributed by atoms with E-state index in [1.54, 1.807) is 29.3 Å². The third-order valence-corrected chi connectivity index (χ3v) is 4.93. The van der Waals surface area contributed by atoms with E-state index >= 15 is 0 Å². The summed E-state index contributed by atoms with van der Waals surface area (Å²) in [6.07, 6.45) is 1.73. The Labute approximate surface area is 128 Å². The number of fused-ring (bicyclic) bond motifs is 1. The molecule has 0 amide bonds. The molecule has 2 aromatic heterocycles. The van der Waals surface area contributed by atoms with Crippen molar-refractivity contribution in [2.24, 2.45) is 7.05 Å². The number of hydrogen-bond donors (Lipinski definition) is 0. The third-order valence-electron chi connectivity index (χ3n) is 3.12. The Morgan fingerprint density at radius 3 is 2.85 bits per heavy atom. The number of rotatable bonds is 2. The quantitative estimate of drug-likeness (QED) is 0.705. The number of ether oxygens (including phenoxy) is 1. The SMILES string of the molecule is COc1cccc2c(C#N)c(-c3c(Br)cnn3C)sc12. The number of methoxy groups -OCH3 is 1. The Hall–Kier alpha value is -1.84. The Bertz CT molecular complexity index is 825. The number of hydrogen-bond acceptors (Lipinski definition) is 4. The Kier molecular flexibility index (Phi) is 3.24. The second-order valence-corrected chi connectivity index (χ2v) is 6.09. The molecule has 0 spiro atoms. The van der Waals surface area contributed by atoms with Gasteiger partial charge in [-0.05, 0) is 22.0 Å². The fourth-order valence-electron chi connectivity index (χ4n) is 2.20. The molecule has 0 aliphatic carbocycles. The summed E-state index contributed by atoms with van der Waals surface area (Å²) in [7, 11) is 3.50. The average molecular weight is 348 g/mol. The fourth-order valence-corrected chi connectivity index (χ4v) is 4.21. The number of thiophene rings is 1.